The molecule has 0 aliphatic heterocycles. The number of aromatic nitrogens is 4. The van der Waals surface area contributed by atoms with Gasteiger partial charge in [-0.1, -0.05) is 37.2 Å². The van der Waals surface area contributed by atoms with Crippen LogP contribution in [0.2, 0.25) is 0 Å². The number of unbranched alkanes of at least 4 members (excludes halogenated alkanes) is 1. The zero-order valence-corrected chi connectivity index (χ0v) is 14.6. The van der Waals surface area contributed by atoms with Crippen molar-refractivity contribution in [1.82, 2.24) is 25.5 Å². The number of nitrogens with one attached hydrogen (secondary N) is 1. The van der Waals surface area contributed by atoms with Gasteiger partial charge in [0.05, 0.1) is 11.4 Å². The van der Waals surface area contributed by atoms with E-state index in [4.69, 9.17) is 0 Å². The maximum absolute atomic E-state index is 11.7. The molecule has 0 unspecified atom stereocenters. The van der Waals surface area contributed by atoms with Crippen LogP contribution in [0.5, 0.6) is 0 Å². The van der Waals surface area contributed by atoms with Gasteiger partial charge >= 0.3 is 0 Å². The van der Waals surface area contributed by atoms with Crippen molar-refractivity contribution >= 4 is 17.7 Å². The van der Waals surface area contributed by atoms with E-state index in [9.17, 15) is 4.79 Å². The molecule has 2 aromatic rings. The number of benzene rings is 1. The highest BCUT2D eigenvalue weighted by Crippen LogP contribution is 2.18. The summed E-state index contributed by atoms with van der Waals surface area (Å²) in [5.74, 6) is 0.280. The molecule has 6 nitrogen and oxygen atoms in total. The van der Waals surface area contributed by atoms with Crippen LogP contribution in [0.1, 0.15) is 39.2 Å². The fourth-order valence-electron chi connectivity index (χ4n) is 2.11. The summed E-state index contributed by atoms with van der Waals surface area (Å²) in [6.45, 7) is 6.06. The summed E-state index contributed by atoms with van der Waals surface area (Å²) in [7, 11) is 0. The van der Waals surface area contributed by atoms with Crippen molar-refractivity contribution in [2.24, 2.45) is 0 Å². The summed E-state index contributed by atoms with van der Waals surface area (Å²) in [4.78, 5) is 11.7. The minimum Gasteiger partial charge on any atom is -0.353 e. The number of thioether (sulfide) groups is 1. The fraction of sp³-hybridized carbons (Fsp3) is 0.500. The van der Waals surface area contributed by atoms with Crippen LogP contribution in [0.4, 0.5) is 0 Å². The molecule has 1 amide bonds. The SMILES string of the molecule is CCCCc1ccc(-n2nnnc2SCC(=O)NC(C)C)cc1. The molecular formula is C16H23N5OS. The summed E-state index contributed by atoms with van der Waals surface area (Å²) < 4.78 is 1.66. The first-order chi connectivity index (χ1) is 11.1. The normalized spacial score (nSPS) is 11.0. The van der Waals surface area contributed by atoms with Crippen LogP contribution in [0.15, 0.2) is 29.4 Å². The summed E-state index contributed by atoms with van der Waals surface area (Å²) in [6.07, 6.45) is 3.47. The summed E-state index contributed by atoms with van der Waals surface area (Å²) in [5, 5.41) is 15.2. The lowest BCUT2D eigenvalue weighted by Gasteiger charge is -2.08. The lowest BCUT2D eigenvalue weighted by atomic mass is 10.1. The monoisotopic (exact) mass is 333 g/mol. The Hall–Kier alpha value is -1.89. The third-order valence-electron chi connectivity index (χ3n) is 3.22. The highest BCUT2D eigenvalue weighted by Gasteiger charge is 2.12. The molecule has 0 bridgehead atoms. The number of hydrogen-bond acceptors (Lipinski definition) is 5. The number of tetrazole rings is 1. The van der Waals surface area contributed by atoms with Gasteiger partial charge in [0.25, 0.3) is 0 Å². The first-order valence-electron chi connectivity index (χ1n) is 7.90. The van der Waals surface area contributed by atoms with E-state index in [1.165, 1.54) is 30.2 Å². The highest BCUT2D eigenvalue weighted by atomic mass is 32.2. The van der Waals surface area contributed by atoms with Crippen molar-refractivity contribution in [1.29, 1.82) is 0 Å². The molecule has 0 saturated carbocycles. The Morgan fingerprint density at radius 2 is 2.04 bits per heavy atom. The van der Waals surface area contributed by atoms with Crippen molar-refractivity contribution in [2.75, 3.05) is 5.75 Å². The molecule has 1 aromatic heterocycles. The summed E-state index contributed by atoms with van der Waals surface area (Å²) in [6, 6.07) is 8.37. The highest BCUT2D eigenvalue weighted by molar-refractivity contribution is 7.99. The average Bonchev–Trinajstić information content (AvgIpc) is 2.99. The maximum Gasteiger partial charge on any atom is 0.230 e. The van der Waals surface area contributed by atoms with Crippen LogP contribution in [0.25, 0.3) is 5.69 Å². The van der Waals surface area contributed by atoms with E-state index in [-0.39, 0.29) is 11.9 Å². The number of carbonyl (C=O) groups is 1. The minimum absolute atomic E-state index is 0.0190. The van der Waals surface area contributed by atoms with E-state index in [1.807, 2.05) is 26.0 Å². The Labute approximate surface area is 141 Å². The molecule has 0 radical (unpaired) electrons. The van der Waals surface area contributed by atoms with Crippen molar-refractivity contribution < 1.29 is 4.79 Å². The van der Waals surface area contributed by atoms with Gasteiger partial charge in [0, 0.05) is 6.04 Å². The Morgan fingerprint density at radius 3 is 2.70 bits per heavy atom. The van der Waals surface area contributed by atoms with Gasteiger partial charge < -0.3 is 5.32 Å². The Balaban J connectivity index is 2.01. The summed E-state index contributed by atoms with van der Waals surface area (Å²) >= 11 is 1.33. The molecular weight excluding hydrogens is 310 g/mol. The average molecular weight is 333 g/mol. The molecule has 1 N–H and O–H groups in total. The molecule has 0 aliphatic rings. The second kappa shape index (κ2) is 8.67. The topological polar surface area (TPSA) is 72.7 Å². The number of carbonyl (C=O) groups excluding carboxylic acids is 1. The van der Waals surface area contributed by atoms with Crippen molar-refractivity contribution in [3.05, 3.63) is 29.8 Å². The van der Waals surface area contributed by atoms with Crippen molar-refractivity contribution in [3.8, 4) is 5.69 Å². The molecule has 124 valence electrons. The molecule has 0 aliphatic carbocycles. The second-order valence-corrected chi connectivity index (χ2v) is 6.60. The van der Waals surface area contributed by atoms with Gasteiger partial charge in [0.2, 0.25) is 11.1 Å². The number of amides is 1. The predicted molar refractivity (Wildman–Crippen MR) is 91.8 cm³/mol. The van der Waals surface area contributed by atoms with Gasteiger partial charge in [-0.2, -0.15) is 4.68 Å². The van der Waals surface area contributed by atoms with E-state index >= 15 is 0 Å². The Bertz CT molecular complexity index is 624. The zero-order chi connectivity index (χ0) is 16.7. The third kappa shape index (κ3) is 5.35. The van der Waals surface area contributed by atoms with E-state index in [0.717, 1.165) is 12.1 Å². The Kier molecular flexibility index (Phi) is 6.58. The molecule has 1 heterocycles. The first kappa shape index (κ1) is 17.5. The molecule has 1 aromatic carbocycles. The van der Waals surface area contributed by atoms with E-state index in [0.29, 0.717) is 10.9 Å². The number of aryl methyl sites for hydroxylation is 1. The van der Waals surface area contributed by atoms with Gasteiger partial charge in [0.15, 0.2) is 0 Å². The molecule has 2 rings (SSSR count). The van der Waals surface area contributed by atoms with Crippen molar-refractivity contribution in [2.45, 2.75) is 51.2 Å². The third-order valence-corrected chi connectivity index (χ3v) is 4.14. The van der Waals surface area contributed by atoms with Gasteiger partial charge in [-0.05, 0) is 54.8 Å². The number of hydrogen-bond donors (Lipinski definition) is 1. The zero-order valence-electron chi connectivity index (χ0n) is 13.8. The largest absolute Gasteiger partial charge is 0.353 e. The summed E-state index contributed by atoms with van der Waals surface area (Å²) in [5.41, 5.74) is 2.22. The Morgan fingerprint density at radius 1 is 1.30 bits per heavy atom. The number of rotatable bonds is 8. The van der Waals surface area contributed by atoms with Crippen LogP contribution in [0, 0.1) is 0 Å². The lowest BCUT2D eigenvalue weighted by molar-refractivity contribution is -0.119. The second-order valence-electron chi connectivity index (χ2n) is 5.65. The standard InChI is InChI=1S/C16H23N5OS/c1-4-5-6-13-7-9-14(10-8-13)21-16(18-19-20-21)23-11-15(22)17-12(2)3/h7-10,12H,4-6,11H2,1-3H3,(H,17,22). The molecule has 0 saturated heterocycles. The van der Waals surface area contributed by atoms with Gasteiger partial charge in [0.1, 0.15) is 0 Å². The molecule has 0 spiro atoms. The molecule has 0 fully saturated rings. The van der Waals surface area contributed by atoms with E-state index < -0.39 is 0 Å². The predicted octanol–water partition coefficient (Wildman–Crippen LogP) is 2.62. The maximum atomic E-state index is 11.7. The van der Waals surface area contributed by atoms with Crippen LogP contribution in [-0.2, 0) is 11.2 Å². The van der Waals surface area contributed by atoms with Crippen LogP contribution in [-0.4, -0.2) is 37.9 Å². The van der Waals surface area contributed by atoms with Crippen LogP contribution < -0.4 is 5.32 Å². The molecule has 7 heteroatoms. The first-order valence-corrected chi connectivity index (χ1v) is 8.88. The van der Waals surface area contributed by atoms with E-state index in [2.05, 4.69) is 39.9 Å². The lowest BCUT2D eigenvalue weighted by Crippen LogP contribution is -2.31. The van der Waals surface area contributed by atoms with Crippen LogP contribution in [0.3, 0.4) is 0 Å². The minimum atomic E-state index is -0.0190. The fourth-order valence-corrected chi connectivity index (χ4v) is 2.81. The quantitative estimate of drug-likeness (QED) is 0.752. The van der Waals surface area contributed by atoms with Gasteiger partial charge in [-0.3, -0.25) is 4.79 Å². The smallest absolute Gasteiger partial charge is 0.230 e. The van der Waals surface area contributed by atoms with Gasteiger partial charge in [-0.25, -0.2) is 0 Å². The van der Waals surface area contributed by atoms with E-state index in [1.54, 1.807) is 4.68 Å². The molecule has 0 atom stereocenters. The van der Waals surface area contributed by atoms with Crippen LogP contribution >= 0.6 is 11.8 Å². The van der Waals surface area contributed by atoms with Gasteiger partial charge in [-0.15, -0.1) is 5.10 Å². The molecule has 23 heavy (non-hydrogen) atoms. The number of nitrogens with zero attached hydrogens (tertiary/aromatic N) is 4. The van der Waals surface area contributed by atoms with Crippen molar-refractivity contribution in [3.63, 3.8) is 0 Å².